The molecule has 0 amide bonds. The van der Waals surface area contributed by atoms with E-state index in [0.29, 0.717) is 12.8 Å². The number of carbonyl (C=O) groups excluding carboxylic acids is 3. The third kappa shape index (κ3) is 44.5. The van der Waals surface area contributed by atoms with Gasteiger partial charge in [0.05, 0.1) is 40.3 Å². The molecule has 0 fully saturated rings. The highest BCUT2D eigenvalue weighted by Crippen LogP contribution is 2.15. The highest BCUT2D eigenvalue weighted by atomic mass is 16.6. The zero-order chi connectivity index (χ0) is 47.0. The molecule has 0 radical (unpaired) electrons. The molecule has 0 saturated heterocycles. The van der Waals surface area contributed by atoms with Crippen molar-refractivity contribution in [1.82, 2.24) is 0 Å². The van der Waals surface area contributed by atoms with Gasteiger partial charge in [0.15, 0.2) is 6.10 Å². The topological polar surface area (TPSA) is 102 Å². The summed E-state index contributed by atoms with van der Waals surface area (Å²) < 4.78 is 17.2. The van der Waals surface area contributed by atoms with Crippen LogP contribution >= 0.6 is 0 Å². The second kappa shape index (κ2) is 46.8. The molecule has 64 heavy (non-hydrogen) atoms. The van der Waals surface area contributed by atoms with Gasteiger partial charge in [-0.25, -0.2) is 0 Å². The van der Waals surface area contributed by atoms with Crippen molar-refractivity contribution in [1.29, 1.82) is 0 Å². The molecule has 2 unspecified atom stereocenters. The molecule has 372 valence electrons. The first-order valence-corrected chi connectivity index (χ1v) is 26.7. The van der Waals surface area contributed by atoms with Crippen molar-refractivity contribution in [3.63, 3.8) is 0 Å². The second-order valence-electron chi connectivity index (χ2n) is 19.1. The van der Waals surface area contributed by atoms with Gasteiger partial charge in [0.2, 0.25) is 0 Å². The molecular weight excluding hydrogens is 799 g/mol. The minimum Gasteiger partial charge on any atom is -0.544 e. The van der Waals surface area contributed by atoms with E-state index in [0.717, 1.165) is 64.2 Å². The van der Waals surface area contributed by atoms with Crippen molar-refractivity contribution < 1.29 is 38.2 Å². The maximum absolute atomic E-state index is 12.8. The van der Waals surface area contributed by atoms with Gasteiger partial charge in [-0.2, -0.15) is 0 Å². The first kappa shape index (κ1) is 61.3. The third-order valence-electron chi connectivity index (χ3n) is 11.9. The quantitative estimate of drug-likeness (QED) is 0.0259. The Morgan fingerprint density at radius 1 is 0.469 bits per heavy atom. The van der Waals surface area contributed by atoms with Gasteiger partial charge >= 0.3 is 11.9 Å². The van der Waals surface area contributed by atoms with Crippen LogP contribution in [0.5, 0.6) is 0 Å². The van der Waals surface area contributed by atoms with Crippen molar-refractivity contribution >= 4 is 17.9 Å². The van der Waals surface area contributed by atoms with E-state index < -0.39 is 18.1 Å². The monoisotopic (exact) mass is 900 g/mol. The Hall–Kier alpha value is -2.71. The van der Waals surface area contributed by atoms with Crippen molar-refractivity contribution in [2.24, 2.45) is 0 Å². The fourth-order valence-corrected chi connectivity index (χ4v) is 7.78. The number of ether oxygens (including phenoxy) is 3. The lowest BCUT2D eigenvalue weighted by Gasteiger charge is -2.34. The predicted octanol–water partition coefficient (Wildman–Crippen LogP) is 14.2. The van der Waals surface area contributed by atoms with Crippen molar-refractivity contribution in [2.45, 2.75) is 251 Å². The molecule has 0 rings (SSSR count). The van der Waals surface area contributed by atoms with Crippen LogP contribution in [0.4, 0.5) is 0 Å². The van der Waals surface area contributed by atoms with Crippen molar-refractivity contribution in [3.05, 3.63) is 48.6 Å². The maximum atomic E-state index is 12.8. The van der Waals surface area contributed by atoms with Crippen LogP contribution in [0.15, 0.2) is 48.6 Å². The number of likely N-dealkylation sites (N-methyl/N-ethyl adjacent to an activating group) is 1. The summed E-state index contributed by atoms with van der Waals surface area (Å²) in [7, 11) is 5.41. The van der Waals surface area contributed by atoms with Crippen LogP contribution < -0.4 is 5.11 Å². The van der Waals surface area contributed by atoms with Crippen LogP contribution in [0.1, 0.15) is 239 Å². The summed E-state index contributed by atoms with van der Waals surface area (Å²) in [5.41, 5.74) is 0. The molecule has 0 N–H and O–H groups in total. The molecule has 0 aliphatic heterocycles. The largest absolute Gasteiger partial charge is 0.544 e. The summed E-state index contributed by atoms with van der Waals surface area (Å²) in [6.07, 6.45) is 57.1. The lowest BCUT2D eigenvalue weighted by molar-refractivity contribution is -0.889. The molecule has 0 saturated carbocycles. The van der Waals surface area contributed by atoms with Crippen LogP contribution in [0.3, 0.4) is 0 Å². The molecule has 0 aromatic heterocycles. The summed E-state index contributed by atoms with van der Waals surface area (Å²) in [6, 6.07) is -0.730. The summed E-state index contributed by atoms with van der Waals surface area (Å²) in [6.45, 7) is 4.64. The lowest BCUT2D eigenvalue weighted by atomic mass is 10.1. The van der Waals surface area contributed by atoms with Gasteiger partial charge in [-0.05, 0) is 77.0 Å². The standard InChI is InChI=1S/C56H101NO7/c1-6-8-10-12-14-16-18-20-22-24-25-26-27-28-29-31-32-34-36-38-40-42-44-46-54(58)63-51-52(50-62-49-48-53(56(60)61)57(3,4)5)64-55(59)47-45-43-41-39-37-35-33-30-23-21-19-17-15-13-11-9-7-2/h15,17,21,23,25-26,28-29,52-53H,6-14,16,18-20,22,24,27,30-51H2,1-5H3/b17-15+,23-21+,26-25+,29-28+. The number of nitrogens with zero attached hydrogens (tertiary/aromatic N) is 1. The molecule has 2 atom stereocenters. The summed E-state index contributed by atoms with van der Waals surface area (Å²) in [5, 5.41) is 11.7. The number of quaternary nitrogens is 1. The highest BCUT2D eigenvalue weighted by molar-refractivity contribution is 5.70. The molecule has 0 bridgehead atoms. The Morgan fingerprint density at radius 3 is 1.23 bits per heavy atom. The van der Waals surface area contributed by atoms with Gasteiger partial charge in [0.1, 0.15) is 12.6 Å². The summed E-state index contributed by atoms with van der Waals surface area (Å²) in [5.74, 6) is -1.75. The van der Waals surface area contributed by atoms with E-state index in [1.165, 1.54) is 141 Å². The normalized spacial score (nSPS) is 13.2. The summed E-state index contributed by atoms with van der Waals surface area (Å²) in [4.78, 5) is 37.1. The zero-order valence-corrected chi connectivity index (χ0v) is 42.4. The lowest BCUT2D eigenvalue weighted by Crippen LogP contribution is -2.55. The van der Waals surface area contributed by atoms with Crippen LogP contribution in [0.25, 0.3) is 0 Å². The smallest absolute Gasteiger partial charge is 0.306 e. The number of esters is 2. The molecule has 8 heteroatoms. The summed E-state index contributed by atoms with van der Waals surface area (Å²) >= 11 is 0. The van der Waals surface area contributed by atoms with Crippen molar-refractivity contribution in [2.75, 3.05) is 41.0 Å². The van der Waals surface area contributed by atoms with Gasteiger partial charge in [-0.3, -0.25) is 9.59 Å². The highest BCUT2D eigenvalue weighted by Gasteiger charge is 2.25. The van der Waals surface area contributed by atoms with E-state index in [4.69, 9.17) is 14.2 Å². The minimum atomic E-state index is -1.13. The second-order valence-corrected chi connectivity index (χ2v) is 19.1. The maximum Gasteiger partial charge on any atom is 0.306 e. The Balaban J connectivity index is 4.23. The number of hydrogen-bond donors (Lipinski definition) is 0. The number of carboxylic acid groups (broad SMARTS) is 1. The molecule has 0 spiro atoms. The van der Waals surface area contributed by atoms with Crippen LogP contribution in [-0.4, -0.2) is 75.5 Å². The molecule has 0 aromatic rings. The van der Waals surface area contributed by atoms with Gasteiger partial charge in [-0.1, -0.05) is 191 Å². The van der Waals surface area contributed by atoms with Gasteiger partial charge in [0, 0.05) is 19.3 Å². The Kier molecular flexibility index (Phi) is 44.8. The van der Waals surface area contributed by atoms with E-state index in [-0.39, 0.29) is 42.7 Å². The Labute approximate surface area is 395 Å². The van der Waals surface area contributed by atoms with Gasteiger partial charge in [-0.15, -0.1) is 0 Å². The first-order chi connectivity index (χ1) is 31.1. The minimum absolute atomic E-state index is 0.0349. The SMILES string of the molecule is CCCCC/C=C/C/C=C/CCCCCCCCCC(=O)OC(COCCC(C(=O)[O-])[N+](C)(C)C)COC(=O)CCCCCCCCC/C=C/C/C=C/CCCCCCCCCCC. The molecule has 0 aliphatic rings. The average Bonchev–Trinajstić information content (AvgIpc) is 3.26. The molecule has 0 aliphatic carbocycles. The fraction of sp³-hybridized carbons (Fsp3) is 0.804. The van der Waals surface area contributed by atoms with E-state index in [1.54, 1.807) is 21.1 Å². The van der Waals surface area contributed by atoms with Crippen molar-refractivity contribution in [3.8, 4) is 0 Å². The van der Waals surface area contributed by atoms with E-state index in [9.17, 15) is 19.5 Å². The molecule has 0 heterocycles. The zero-order valence-electron chi connectivity index (χ0n) is 42.4. The molecule has 0 aromatic carbocycles. The number of hydrogen-bond acceptors (Lipinski definition) is 7. The number of aliphatic carboxylic acids is 1. The average molecular weight is 900 g/mol. The van der Waals surface area contributed by atoms with E-state index >= 15 is 0 Å². The predicted molar refractivity (Wildman–Crippen MR) is 268 cm³/mol. The van der Waals surface area contributed by atoms with E-state index in [2.05, 4.69) is 62.5 Å². The van der Waals surface area contributed by atoms with Gasteiger partial charge < -0.3 is 28.6 Å². The number of carbonyl (C=O) groups is 3. The fourth-order valence-electron chi connectivity index (χ4n) is 7.78. The van der Waals surface area contributed by atoms with Crippen LogP contribution in [0.2, 0.25) is 0 Å². The number of unbranched alkanes of at least 4 members (excludes halogenated alkanes) is 26. The van der Waals surface area contributed by atoms with Gasteiger partial charge in [0.25, 0.3) is 0 Å². The Bertz CT molecular complexity index is 1190. The molecular formula is C56H101NO7. The number of allylic oxidation sites excluding steroid dienone is 8. The van der Waals surface area contributed by atoms with Crippen LogP contribution in [-0.2, 0) is 28.6 Å². The van der Waals surface area contributed by atoms with Crippen LogP contribution in [0, 0.1) is 0 Å². The third-order valence-corrected chi connectivity index (χ3v) is 11.9. The van der Waals surface area contributed by atoms with E-state index in [1.807, 2.05) is 0 Å². The number of rotatable bonds is 48. The first-order valence-electron chi connectivity index (χ1n) is 26.7. The Morgan fingerprint density at radius 2 is 0.828 bits per heavy atom. The number of carboxylic acids is 1. The molecule has 8 nitrogen and oxygen atoms in total.